The molecule has 1 aromatic carbocycles. The van der Waals surface area contributed by atoms with E-state index in [4.69, 9.17) is 4.42 Å². The molecule has 1 unspecified atom stereocenters. The first kappa shape index (κ1) is 12.1. The minimum atomic E-state index is -0.307. The summed E-state index contributed by atoms with van der Waals surface area (Å²) in [6, 6.07) is 6.01. The number of furan rings is 1. The van der Waals surface area contributed by atoms with Crippen molar-refractivity contribution in [2.75, 3.05) is 13.1 Å². The molecule has 0 amide bonds. The van der Waals surface area contributed by atoms with E-state index in [0.29, 0.717) is 16.7 Å². The Bertz CT molecular complexity index is 685. The summed E-state index contributed by atoms with van der Waals surface area (Å²) in [5, 5.41) is 3.99. The number of Topliss-reactive ketones (excluding diaryl/α,β-unsaturated/α-hetero) is 1. The lowest BCUT2D eigenvalue weighted by Crippen LogP contribution is -2.30. The van der Waals surface area contributed by atoms with Gasteiger partial charge < -0.3 is 9.73 Å². The van der Waals surface area contributed by atoms with Crippen LogP contribution in [0.4, 0.5) is 4.39 Å². The Morgan fingerprint density at radius 3 is 2.90 bits per heavy atom. The molecule has 1 N–H and O–H groups in total. The van der Waals surface area contributed by atoms with Crippen LogP contribution in [-0.4, -0.2) is 18.9 Å². The average molecular weight is 273 g/mol. The Hall–Kier alpha value is -1.68. The molecule has 0 bridgehead atoms. The highest BCUT2D eigenvalue weighted by atomic mass is 19.1. The molecule has 1 saturated heterocycles. The van der Waals surface area contributed by atoms with Gasteiger partial charge in [-0.25, -0.2) is 4.39 Å². The van der Waals surface area contributed by atoms with Gasteiger partial charge in [0.15, 0.2) is 5.76 Å². The molecule has 1 aliphatic carbocycles. The minimum absolute atomic E-state index is 0.0866. The van der Waals surface area contributed by atoms with Crippen LogP contribution >= 0.6 is 0 Å². The molecule has 4 rings (SSSR count). The van der Waals surface area contributed by atoms with Crippen molar-refractivity contribution in [1.82, 2.24) is 5.32 Å². The van der Waals surface area contributed by atoms with Gasteiger partial charge in [-0.2, -0.15) is 0 Å². The lowest BCUT2D eigenvalue weighted by Gasteiger charge is -2.22. The molecule has 2 aromatic rings. The number of carbonyl (C=O) groups excluding carboxylic acids is 1. The lowest BCUT2D eigenvalue weighted by molar-refractivity contribution is 0.0915. The summed E-state index contributed by atoms with van der Waals surface area (Å²) in [5.41, 5.74) is 0.779. The molecule has 3 nitrogen and oxygen atoms in total. The monoisotopic (exact) mass is 273 g/mol. The first-order valence-corrected chi connectivity index (χ1v) is 7.12. The Kier molecular flexibility index (Phi) is 2.51. The maximum atomic E-state index is 13.2. The standard InChI is InChI=1S/C16H16FNO2/c17-11-1-2-13-10(7-11)8-14(20-13)15(19)12-9-16(12)3-5-18-6-4-16/h1-2,7-8,12,18H,3-6,9H2. The third kappa shape index (κ3) is 1.79. The molecule has 2 fully saturated rings. The summed E-state index contributed by atoms with van der Waals surface area (Å²) in [6.45, 7) is 1.99. The van der Waals surface area contributed by atoms with Gasteiger partial charge in [0.2, 0.25) is 5.78 Å². The van der Waals surface area contributed by atoms with Crippen LogP contribution in [-0.2, 0) is 0 Å². The number of hydrogen-bond donors (Lipinski definition) is 1. The molecule has 1 saturated carbocycles. The molecule has 104 valence electrons. The Balaban J connectivity index is 1.61. The van der Waals surface area contributed by atoms with Crippen molar-refractivity contribution in [2.24, 2.45) is 11.3 Å². The zero-order valence-electron chi connectivity index (χ0n) is 11.1. The van der Waals surface area contributed by atoms with E-state index in [-0.39, 0.29) is 22.9 Å². The third-order valence-electron chi connectivity index (χ3n) is 4.83. The zero-order valence-corrected chi connectivity index (χ0v) is 11.1. The number of ketones is 1. The van der Waals surface area contributed by atoms with Gasteiger partial charge in [-0.3, -0.25) is 4.79 Å². The number of rotatable bonds is 2. The summed E-state index contributed by atoms with van der Waals surface area (Å²) in [7, 11) is 0. The largest absolute Gasteiger partial charge is 0.453 e. The van der Waals surface area contributed by atoms with Crippen LogP contribution in [0.5, 0.6) is 0 Å². The quantitative estimate of drug-likeness (QED) is 0.855. The van der Waals surface area contributed by atoms with Crippen molar-refractivity contribution in [3.8, 4) is 0 Å². The fourth-order valence-corrected chi connectivity index (χ4v) is 3.50. The summed E-state index contributed by atoms with van der Waals surface area (Å²) >= 11 is 0. The van der Waals surface area contributed by atoms with Crippen LogP contribution in [0.1, 0.15) is 29.8 Å². The van der Waals surface area contributed by atoms with Crippen LogP contribution in [0, 0.1) is 17.2 Å². The van der Waals surface area contributed by atoms with E-state index in [9.17, 15) is 9.18 Å². The van der Waals surface area contributed by atoms with Crippen LogP contribution < -0.4 is 5.32 Å². The van der Waals surface area contributed by atoms with Gasteiger partial charge in [-0.15, -0.1) is 0 Å². The van der Waals surface area contributed by atoms with Crippen LogP contribution in [0.25, 0.3) is 11.0 Å². The van der Waals surface area contributed by atoms with E-state index in [1.54, 1.807) is 12.1 Å². The molecular weight excluding hydrogens is 257 g/mol. The Labute approximate surface area is 116 Å². The van der Waals surface area contributed by atoms with E-state index in [2.05, 4.69) is 5.32 Å². The van der Waals surface area contributed by atoms with Gasteiger partial charge in [0.25, 0.3) is 0 Å². The minimum Gasteiger partial charge on any atom is -0.453 e. The van der Waals surface area contributed by atoms with Crippen molar-refractivity contribution in [2.45, 2.75) is 19.3 Å². The summed E-state index contributed by atoms with van der Waals surface area (Å²) in [4.78, 5) is 12.5. The molecule has 1 aliphatic heterocycles. The van der Waals surface area contributed by atoms with E-state index < -0.39 is 0 Å². The van der Waals surface area contributed by atoms with Crippen LogP contribution in [0.15, 0.2) is 28.7 Å². The van der Waals surface area contributed by atoms with Gasteiger partial charge in [0, 0.05) is 11.3 Å². The SMILES string of the molecule is O=C(c1cc2cc(F)ccc2o1)C1CC12CCNCC2. The van der Waals surface area contributed by atoms with Crippen molar-refractivity contribution in [1.29, 1.82) is 0 Å². The molecule has 2 heterocycles. The maximum Gasteiger partial charge on any atom is 0.201 e. The highest BCUT2D eigenvalue weighted by molar-refractivity contribution is 6.01. The van der Waals surface area contributed by atoms with Crippen molar-refractivity contribution < 1.29 is 13.6 Å². The number of piperidine rings is 1. The first-order valence-electron chi connectivity index (χ1n) is 7.12. The number of nitrogens with one attached hydrogen (secondary N) is 1. The molecular formula is C16H16FNO2. The average Bonchev–Trinajstić information content (AvgIpc) is 2.96. The fraction of sp³-hybridized carbons (Fsp3) is 0.438. The Morgan fingerprint density at radius 1 is 1.30 bits per heavy atom. The smallest absolute Gasteiger partial charge is 0.201 e. The second-order valence-electron chi connectivity index (χ2n) is 6.03. The number of hydrogen-bond acceptors (Lipinski definition) is 3. The Morgan fingerprint density at radius 2 is 2.10 bits per heavy atom. The summed E-state index contributed by atoms with van der Waals surface area (Å²) < 4.78 is 18.8. The molecule has 1 spiro atoms. The molecule has 2 aliphatic rings. The third-order valence-corrected chi connectivity index (χ3v) is 4.83. The van der Waals surface area contributed by atoms with Crippen LogP contribution in [0.2, 0.25) is 0 Å². The molecule has 20 heavy (non-hydrogen) atoms. The summed E-state index contributed by atoms with van der Waals surface area (Å²) in [6.07, 6.45) is 3.11. The van der Waals surface area contributed by atoms with Crippen molar-refractivity contribution in [3.63, 3.8) is 0 Å². The van der Waals surface area contributed by atoms with Crippen molar-refractivity contribution in [3.05, 3.63) is 35.8 Å². The van der Waals surface area contributed by atoms with E-state index >= 15 is 0 Å². The van der Waals surface area contributed by atoms with E-state index in [1.165, 1.54) is 12.1 Å². The zero-order chi connectivity index (χ0) is 13.7. The highest BCUT2D eigenvalue weighted by Gasteiger charge is 2.58. The first-order chi connectivity index (χ1) is 9.68. The molecule has 1 aromatic heterocycles. The number of carbonyl (C=O) groups is 1. The second-order valence-corrected chi connectivity index (χ2v) is 6.03. The van der Waals surface area contributed by atoms with Crippen molar-refractivity contribution >= 4 is 16.8 Å². The number of benzene rings is 1. The predicted octanol–water partition coefficient (Wildman–Crippen LogP) is 3.14. The molecule has 1 atom stereocenters. The maximum absolute atomic E-state index is 13.2. The molecule has 4 heteroatoms. The summed E-state index contributed by atoms with van der Waals surface area (Å²) in [5.74, 6) is 0.253. The molecule has 0 radical (unpaired) electrons. The van der Waals surface area contributed by atoms with Gasteiger partial charge >= 0.3 is 0 Å². The lowest BCUT2D eigenvalue weighted by atomic mass is 9.90. The predicted molar refractivity (Wildman–Crippen MR) is 73.1 cm³/mol. The fourth-order valence-electron chi connectivity index (χ4n) is 3.50. The highest BCUT2D eigenvalue weighted by Crippen LogP contribution is 2.59. The van der Waals surface area contributed by atoms with Gasteiger partial charge in [-0.05, 0) is 62.0 Å². The van der Waals surface area contributed by atoms with Gasteiger partial charge in [0.1, 0.15) is 11.4 Å². The van der Waals surface area contributed by atoms with E-state index in [0.717, 1.165) is 32.4 Å². The second kappa shape index (κ2) is 4.16. The topological polar surface area (TPSA) is 42.2 Å². The normalized spacial score (nSPS) is 24.1. The number of halogens is 1. The van der Waals surface area contributed by atoms with E-state index in [1.807, 2.05) is 0 Å². The van der Waals surface area contributed by atoms with Crippen LogP contribution in [0.3, 0.4) is 0 Å². The van der Waals surface area contributed by atoms with Gasteiger partial charge in [-0.1, -0.05) is 0 Å². The number of fused-ring (bicyclic) bond motifs is 1. The van der Waals surface area contributed by atoms with Gasteiger partial charge in [0.05, 0.1) is 0 Å².